The van der Waals surface area contributed by atoms with Crippen LogP contribution in [0.3, 0.4) is 0 Å². The summed E-state index contributed by atoms with van der Waals surface area (Å²) in [6.45, 7) is 0.612. The first kappa shape index (κ1) is 5.73. The Kier molecular flexibility index (Phi) is 1.14. The zero-order valence-corrected chi connectivity index (χ0v) is 6.02. The van der Waals surface area contributed by atoms with Gasteiger partial charge < -0.3 is 10.5 Å². The summed E-state index contributed by atoms with van der Waals surface area (Å²) >= 11 is 1.48. The van der Waals surface area contributed by atoms with Crippen LogP contribution in [0.4, 0.5) is 5.13 Å². The lowest BCUT2D eigenvalue weighted by Crippen LogP contribution is -1.91. The van der Waals surface area contributed by atoms with Gasteiger partial charge in [0.05, 0.1) is 16.8 Å². The van der Waals surface area contributed by atoms with Gasteiger partial charge in [-0.1, -0.05) is 11.3 Å². The first-order chi connectivity index (χ1) is 4.86. The Morgan fingerprint density at radius 3 is 3.40 bits per heavy atom. The SMILES string of the molecule is Nc1nc2c(s1)COC=C2. The zero-order chi connectivity index (χ0) is 6.97. The fraction of sp³-hybridized carbons (Fsp3) is 0.167. The number of anilines is 1. The monoisotopic (exact) mass is 154 g/mol. The van der Waals surface area contributed by atoms with Gasteiger partial charge in [0, 0.05) is 0 Å². The highest BCUT2D eigenvalue weighted by atomic mass is 32.1. The Morgan fingerprint density at radius 1 is 1.70 bits per heavy atom. The number of nitrogen functional groups attached to an aromatic ring is 1. The van der Waals surface area contributed by atoms with Gasteiger partial charge in [-0.15, -0.1) is 0 Å². The molecule has 2 heterocycles. The number of hydrogen-bond acceptors (Lipinski definition) is 4. The summed E-state index contributed by atoms with van der Waals surface area (Å²) in [5.41, 5.74) is 6.43. The highest BCUT2D eigenvalue weighted by molar-refractivity contribution is 7.15. The number of fused-ring (bicyclic) bond motifs is 1. The Bertz CT molecular complexity index is 279. The van der Waals surface area contributed by atoms with E-state index in [-0.39, 0.29) is 0 Å². The minimum atomic E-state index is 0.611. The zero-order valence-electron chi connectivity index (χ0n) is 5.20. The molecule has 0 saturated carbocycles. The number of nitrogens with two attached hydrogens (primary N) is 1. The highest BCUT2D eigenvalue weighted by Gasteiger charge is 2.09. The minimum Gasteiger partial charge on any atom is -0.496 e. The predicted molar refractivity (Wildman–Crippen MR) is 40.3 cm³/mol. The molecule has 4 heteroatoms. The third-order valence-electron chi connectivity index (χ3n) is 1.28. The Labute approximate surface area is 62.1 Å². The van der Waals surface area contributed by atoms with Crippen molar-refractivity contribution in [2.45, 2.75) is 6.61 Å². The minimum absolute atomic E-state index is 0.611. The Balaban J connectivity index is 2.53. The van der Waals surface area contributed by atoms with Gasteiger partial charge in [-0.3, -0.25) is 0 Å². The molecule has 0 bridgehead atoms. The van der Waals surface area contributed by atoms with Crippen LogP contribution in [0.1, 0.15) is 10.6 Å². The normalized spacial score (nSPS) is 14.4. The van der Waals surface area contributed by atoms with Crippen molar-refractivity contribution in [3.63, 3.8) is 0 Å². The van der Waals surface area contributed by atoms with Crippen LogP contribution in [-0.4, -0.2) is 4.98 Å². The maximum absolute atomic E-state index is 5.48. The summed E-state index contributed by atoms with van der Waals surface area (Å²) in [6.07, 6.45) is 3.47. The quantitative estimate of drug-likeness (QED) is 0.611. The molecule has 0 radical (unpaired) electrons. The standard InChI is InChI=1S/C6H6N2OS/c7-6-8-4-1-2-9-3-5(4)10-6/h1-2H,3H2,(H2,7,8). The van der Waals surface area contributed by atoms with E-state index in [4.69, 9.17) is 10.5 Å². The van der Waals surface area contributed by atoms with Gasteiger partial charge in [0.2, 0.25) is 0 Å². The molecular weight excluding hydrogens is 148 g/mol. The van der Waals surface area contributed by atoms with E-state index in [2.05, 4.69) is 4.98 Å². The summed E-state index contributed by atoms with van der Waals surface area (Å²) in [6, 6.07) is 0. The summed E-state index contributed by atoms with van der Waals surface area (Å²) in [4.78, 5) is 5.19. The molecule has 0 aromatic carbocycles. The summed E-state index contributed by atoms with van der Waals surface area (Å²) in [7, 11) is 0. The van der Waals surface area contributed by atoms with Crippen molar-refractivity contribution in [3.05, 3.63) is 16.8 Å². The van der Waals surface area contributed by atoms with Crippen molar-refractivity contribution in [3.8, 4) is 0 Å². The highest BCUT2D eigenvalue weighted by Crippen LogP contribution is 2.24. The fourth-order valence-electron chi connectivity index (χ4n) is 0.852. The number of thiazole rings is 1. The smallest absolute Gasteiger partial charge is 0.180 e. The number of aromatic nitrogens is 1. The molecule has 3 nitrogen and oxygen atoms in total. The van der Waals surface area contributed by atoms with Gasteiger partial charge in [-0.25, -0.2) is 4.98 Å². The van der Waals surface area contributed by atoms with Gasteiger partial charge in [-0.05, 0) is 6.08 Å². The van der Waals surface area contributed by atoms with E-state index in [1.807, 2.05) is 6.08 Å². The molecule has 0 amide bonds. The largest absolute Gasteiger partial charge is 0.496 e. The molecule has 1 aliphatic heterocycles. The predicted octanol–water partition coefficient (Wildman–Crippen LogP) is 1.23. The van der Waals surface area contributed by atoms with E-state index < -0.39 is 0 Å². The molecule has 0 aliphatic carbocycles. The van der Waals surface area contributed by atoms with Crippen LogP contribution >= 0.6 is 11.3 Å². The third-order valence-corrected chi connectivity index (χ3v) is 2.15. The number of nitrogens with zero attached hydrogens (tertiary/aromatic N) is 1. The van der Waals surface area contributed by atoms with Crippen LogP contribution in [-0.2, 0) is 11.3 Å². The summed E-state index contributed by atoms with van der Waals surface area (Å²) in [5.74, 6) is 0. The van der Waals surface area contributed by atoms with Crippen LogP contribution in [0.15, 0.2) is 6.26 Å². The molecule has 0 saturated heterocycles. The van der Waals surface area contributed by atoms with Crippen molar-refractivity contribution in [2.75, 3.05) is 5.73 Å². The molecule has 1 aromatic heterocycles. The van der Waals surface area contributed by atoms with Crippen LogP contribution in [0, 0.1) is 0 Å². The second kappa shape index (κ2) is 1.98. The lowest BCUT2D eigenvalue weighted by molar-refractivity contribution is 0.237. The van der Waals surface area contributed by atoms with Gasteiger partial charge in [0.15, 0.2) is 5.13 Å². The van der Waals surface area contributed by atoms with Crippen molar-refractivity contribution >= 4 is 22.5 Å². The topological polar surface area (TPSA) is 48.1 Å². The number of ether oxygens (including phenoxy) is 1. The van der Waals surface area contributed by atoms with Crippen LogP contribution in [0.2, 0.25) is 0 Å². The van der Waals surface area contributed by atoms with E-state index in [1.54, 1.807) is 6.26 Å². The lowest BCUT2D eigenvalue weighted by atomic mass is 10.3. The van der Waals surface area contributed by atoms with Gasteiger partial charge in [-0.2, -0.15) is 0 Å². The summed E-state index contributed by atoms with van der Waals surface area (Å²) in [5, 5.41) is 0.611. The average molecular weight is 154 g/mol. The van der Waals surface area contributed by atoms with Crippen molar-refractivity contribution in [1.82, 2.24) is 4.98 Å². The van der Waals surface area contributed by atoms with Crippen LogP contribution < -0.4 is 5.73 Å². The number of rotatable bonds is 0. The number of hydrogen-bond donors (Lipinski definition) is 1. The Hall–Kier alpha value is -1.03. The first-order valence-corrected chi connectivity index (χ1v) is 3.71. The van der Waals surface area contributed by atoms with Gasteiger partial charge in [0.25, 0.3) is 0 Å². The van der Waals surface area contributed by atoms with Gasteiger partial charge in [0.1, 0.15) is 6.61 Å². The van der Waals surface area contributed by atoms with Crippen LogP contribution in [0.5, 0.6) is 0 Å². The molecule has 0 atom stereocenters. The van der Waals surface area contributed by atoms with E-state index in [1.165, 1.54) is 11.3 Å². The van der Waals surface area contributed by atoms with E-state index >= 15 is 0 Å². The van der Waals surface area contributed by atoms with E-state index in [9.17, 15) is 0 Å². The second-order valence-electron chi connectivity index (χ2n) is 1.97. The van der Waals surface area contributed by atoms with Crippen LogP contribution in [0.25, 0.3) is 6.08 Å². The lowest BCUT2D eigenvalue weighted by Gasteiger charge is -2.02. The Morgan fingerprint density at radius 2 is 2.60 bits per heavy atom. The van der Waals surface area contributed by atoms with Crippen molar-refractivity contribution in [1.29, 1.82) is 0 Å². The maximum Gasteiger partial charge on any atom is 0.180 e. The van der Waals surface area contributed by atoms with Crippen molar-refractivity contribution in [2.24, 2.45) is 0 Å². The van der Waals surface area contributed by atoms with E-state index in [0.717, 1.165) is 10.6 Å². The maximum atomic E-state index is 5.48. The van der Waals surface area contributed by atoms with E-state index in [0.29, 0.717) is 11.7 Å². The van der Waals surface area contributed by atoms with Gasteiger partial charge >= 0.3 is 0 Å². The van der Waals surface area contributed by atoms with Crippen molar-refractivity contribution < 1.29 is 4.74 Å². The average Bonchev–Trinajstić information content (AvgIpc) is 2.27. The molecule has 1 aromatic rings. The molecule has 52 valence electrons. The third kappa shape index (κ3) is 0.769. The fourth-order valence-corrected chi connectivity index (χ4v) is 1.59. The molecule has 2 rings (SSSR count). The summed E-state index contributed by atoms with van der Waals surface area (Å²) < 4.78 is 5.04. The molecule has 2 N–H and O–H groups in total. The molecule has 0 spiro atoms. The molecule has 0 unspecified atom stereocenters. The molecular formula is C6H6N2OS. The molecule has 10 heavy (non-hydrogen) atoms. The molecule has 0 fully saturated rings. The first-order valence-electron chi connectivity index (χ1n) is 2.89. The molecule has 1 aliphatic rings. The second-order valence-corrected chi connectivity index (χ2v) is 3.09.